The zero-order valence-corrected chi connectivity index (χ0v) is 21.6. The highest BCUT2D eigenvalue weighted by Crippen LogP contribution is 2.32. The Bertz CT molecular complexity index is 1020. The van der Waals surface area contributed by atoms with Crippen LogP contribution in [-0.2, 0) is 19.6 Å². The molecule has 3 rings (SSSR count). The number of benzene rings is 2. The maximum absolute atomic E-state index is 11.5. The molecule has 3 N–H and O–H groups in total. The molecule has 8 nitrogen and oxygen atoms in total. The summed E-state index contributed by atoms with van der Waals surface area (Å²) in [5.74, 6) is -0.645. The molecule has 0 bridgehead atoms. The highest BCUT2D eigenvalue weighted by Gasteiger charge is 2.34. The molecule has 0 radical (unpaired) electrons. The van der Waals surface area contributed by atoms with Gasteiger partial charge in [0.05, 0.1) is 24.5 Å². The lowest BCUT2D eigenvalue weighted by atomic mass is 9.91. The van der Waals surface area contributed by atoms with E-state index < -0.39 is 15.9 Å². The molecule has 1 amide bonds. The van der Waals surface area contributed by atoms with Gasteiger partial charge in [0.25, 0.3) is 5.91 Å². The monoisotopic (exact) mass is 502 g/mol. The van der Waals surface area contributed by atoms with E-state index in [-0.39, 0.29) is 24.9 Å². The quantitative estimate of drug-likeness (QED) is 0.384. The molecule has 1 aliphatic rings. The number of hydrogen-bond acceptors (Lipinski definition) is 7. The normalized spacial score (nSPS) is 20.8. The van der Waals surface area contributed by atoms with Crippen LogP contribution in [0.5, 0.6) is 0 Å². The van der Waals surface area contributed by atoms with Crippen molar-refractivity contribution >= 4 is 15.9 Å². The lowest BCUT2D eigenvalue weighted by molar-refractivity contribution is -0.123. The van der Waals surface area contributed by atoms with E-state index in [4.69, 9.17) is 4.74 Å². The van der Waals surface area contributed by atoms with Crippen LogP contribution in [0.15, 0.2) is 60.7 Å². The molecule has 1 saturated heterocycles. The molecule has 2 aromatic rings. The lowest BCUT2D eigenvalue weighted by Crippen LogP contribution is -2.60. The summed E-state index contributed by atoms with van der Waals surface area (Å²) in [5, 5.41) is 7.70. The number of amides is 1. The summed E-state index contributed by atoms with van der Waals surface area (Å²) in [6.07, 6.45) is 2.80. The molecular weight excluding hydrogens is 464 g/mol. The van der Waals surface area contributed by atoms with Gasteiger partial charge in [-0.1, -0.05) is 60.7 Å². The predicted molar refractivity (Wildman–Crippen MR) is 138 cm³/mol. The molecule has 2 aromatic carbocycles. The predicted octanol–water partition coefficient (Wildman–Crippen LogP) is 2.57. The smallest absolute Gasteiger partial charge is 0.259 e. The summed E-state index contributed by atoms with van der Waals surface area (Å²) >= 11 is 0. The van der Waals surface area contributed by atoms with Gasteiger partial charge in [-0.05, 0) is 37.8 Å². The van der Waals surface area contributed by atoms with Crippen LogP contribution in [-0.4, -0.2) is 64.0 Å². The van der Waals surface area contributed by atoms with Crippen molar-refractivity contribution in [1.82, 2.24) is 20.3 Å². The van der Waals surface area contributed by atoms with Crippen LogP contribution < -0.4 is 15.4 Å². The number of carbonyl (C=O) groups is 1. The minimum Gasteiger partial charge on any atom is -0.372 e. The Balaban J connectivity index is 1.56. The summed E-state index contributed by atoms with van der Waals surface area (Å²) in [4.78, 5) is 14.0. The molecule has 35 heavy (non-hydrogen) atoms. The third kappa shape index (κ3) is 8.70. The molecule has 0 aromatic heterocycles. The van der Waals surface area contributed by atoms with Crippen LogP contribution in [0.25, 0.3) is 0 Å². The van der Waals surface area contributed by atoms with E-state index in [0.29, 0.717) is 12.6 Å². The van der Waals surface area contributed by atoms with Crippen LogP contribution in [0.4, 0.5) is 0 Å². The number of rotatable bonds is 12. The maximum Gasteiger partial charge on any atom is 0.259 e. The van der Waals surface area contributed by atoms with Crippen molar-refractivity contribution in [2.45, 2.75) is 51.0 Å². The first kappa shape index (κ1) is 27.3. The van der Waals surface area contributed by atoms with E-state index in [9.17, 15) is 13.2 Å². The fourth-order valence-electron chi connectivity index (χ4n) is 4.53. The van der Waals surface area contributed by atoms with E-state index in [2.05, 4.69) is 77.9 Å². The van der Waals surface area contributed by atoms with Crippen LogP contribution in [0, 0.1) is 0 Å². The molecule has 0 saturated carbocycles. The Hall–Kier alpha value is -2.30. The number of carbonyl (C=O) groups excluding carboxylic acids is 1. The Morgan fingerprint density at radius 1 is 1.03 bits per heavy atom. The van der Waals surface area contributed by atoms with Crippen molar-refractivity contribution < 1.29 is 17.9 Å². The second kappa shape index (κ2) is 13.1. The van der Waals surface area contributed by atoms with Crippen molar-refractivity contribution in [1.29, 1.82) is 0 Å². The van der Waals surface area contributed by atoms with Gasteiger partial charge in [-0.15, -0.1) is 0 Å². The summed E-state index contributed by atoms with van der Waals surface area (Å²) in [6.45, 7) is 6.26. The van der Waals surface area contributed by atoms with Crippen molar-refractivity contribution in [3.8, 4) is 0 Å². The Labute approximate surface area is 209 Å². The molecule has 0 spiro atoms. The molecule has 192 valence electrons. The van der Waals surface area contributed by atoms with Crippen LogP contribution in [0.3, 0.4) is 0 Å². The van der Waals surface area contributed by atoms with Crippen LogP contribution in [0.2, 0.25) is 0 Å². The summed E-state index contributed by atoms with van der Waals surface area (Å²) in [6, 6.07) is 21.8. The largest absolute Gasteiger partial charge is 0.372 e. The number of hydrogen-bond donors (Lipinski definition) is 3. The first-order valence-electron chi connectivity index (χ1n) is 12.2. The maximum atomic E-state index is 11.5. The molecule has 1 aliphatic heterocycles. The van der Waals surface area contributed by atoms with Crippen LogP contribution >= 0.6 is 0 Å². The van der Waals surface area contributed by atoms with Gasteiger partial charge in [0.2, 0.25) is 10.0 Å². The third-order valence-electron chi connectivity index (χ3n) is 6.10. The highest BCUT2D eigenvalue weighted by molar-refractivity contribution is 7.89. The second-order valence-corrected chi connectivity index (χ2v) is 11.0. The second-order valence-electron chi connectivity index (χ2n) is 9.26. The average molecular weight is 503 g/mol. The topological polar surface area (TPSA) is 99.8 Å². The first-order valence-corrected chi connectivity index (χ1v) is 14.1. The van der Waals surface area contributed by atoms with Gasteiger partial charge >= 0.3 is 0 Å². The fourth-order valence-corrected chi connectivity index (χ4v) is 5.00. The van der Waals surface area contributed by atoms with Gasteiger partial charge in [-0.3, -0.25) is 19.7 Å². The summed E-state index contributed by atoms with van der Waals surface area (Å²) in [5.41, 5.74) is 2.52. The zero-order chi connectivity index (χ0) is 25.3. The van der Waals surface area contributed by atoms with Gasteiger partial charge in [-0.2, -0.15) is 0 Å². The highest BCUT2D eigenvalue weighted by atomic mass is 32.2. The number of unbranched alkanes of at least 4 members (excludes halogenated alkanes) is 1. The average Bonchev–Trinajstić information content (AvgIpc) is 2.83. The SMILES string of the molecule is CC(C)N(CCCCOCC(=O)NS(C)(=O)=O)C1CNC(c2ccccc2)C(c2ccccc2)N1. The Kier molecular flexibility index (Phi) is 10.2. The first-order chi connectivity index (χ1) is 16.7. The van der Waals surface area contributed by atoms with Gasteiger partial charge < -0.3 is 10.1 Å². The fraction of sp³-hybridized carbons (Fsp3) is 0.500. The van der Waals surface area contributed by atoms with Crippen molar-refractivity contribution in [3.05, 3.63) is 71.8 Å². The zero-order valence-electron chi connectivity index (χ0n) is 20.8. The number of sulfonamides is 1. The number of nitrogens with one attached hydrogen (secondary N) is 3. The number of nitrogens with zero attached hydrogens (tertiary/aromatic N) is 1. The standard InChI is InChI=1S/C26H38N4O4S/c1-20(2)30(16-10-11-17-34-19-24(31)29-35(3,32)33)23-18-27-25(21-12-6-4-7-13-21)26(28-23)22-14-8-5-9-15-22/h4-9,12-15,20,23,25-28H,10-11,16-19H2,1-3H3,(H,29,31). The molecule has 3 unspecified atom stereocenters. The van der Waals surface area contributed by atoms with Crippen molar-refractivity contribution in [2.75, 3.05) is 32.6 Å². The molecule has 1 fully saturated rings. The van der Waals surface area contributed by atoms with Gasteiger partial charge in [-0.25, -0.2) is 8.42 Å². The van der Waals surface area contributed by atoms with Crippen molar-refractivity contribution in [2.24, 2.45) is 0 Å². The Morgan fingerprint density at radius 2 is 1.63 bits per heavy atom. The molecule has 3 atom stereocenters. The number of piperazine rings is 1. The van der Waals surface area contributed by atoms with Gasteiger partial charge in [0.1, 0.15) is 6.61 Å². The minimum absolute atomic E-state index is 0.135. The molecular formula is C26H38N4O4S. The van der Waals surface area contributed by atoms with E-state index in [1.807, 2.05) is 16.9 Å². The van der Waals surface area contributed by atoms with E-state index in [1.54, 1.807) is 0 Å². The lowest BCUT2D eigenvalue weighted by Gasteiger charge is -2.45. The van der Waals surface area contributed by atoms with Gasteiger partial charge in [0, 0.05) is 25.7 Å². The number of ether oxygens (including phenoxy) is 1. The molecule has 1 heterocycles. The van der Waals surface area contributed by atoms with E-state index >= 15 is 0 Å². The van der Waals surface area contributed by atoms with Crippen LogP contribution in [0.1, 0.15) is 49.9 Å². The Morgan fingerprint density at radius 3 is 2.20 bits per heavy atom. The minimum atomic E-state index is -3.55. The summed E-state index contributed by atoms with van der Waals surface area (Å²) < 4.78 is 29.4. The van der Waals surface area contributed by atoms with E-state index in [1.165, 1.54) is 11.1 Å². The summed E-state index contributed by atoms with van der Waals surface area (Å²) in [7, 11) is -3.55. The van der Waals surface area contributed by atoms with Crippen molar-refractivity contribution in [3.63, 3.8) is 0 Å². The molecule has 9 heteroatoms. The van der Waals surface area contributed by atoms with Gasteiger partial charge in [0.15, 0.2) is 0 Å². The molecule has 0 aliphatic carbocycles. The third-order valence-corrected chi connectivity index (χ3v) is 6.70. The van der Waals surface area contributed by atoms with E-state index in [0.717, 1.165) is 32.2 Å².